The second kappa shape index (κ2) is 9.07. The second-order valence-corrected chi connectivity index (χ2v) is 8.07. The van der Waals surface area contributed by atoms with E-state index in [1.54, 1.807) is 6.26 Å². The molecular weight excluding hydrogens is 448 g/mol. The molecule has 4 heterocycles. The standard InChI is InChI=1S/C25H22N6O4/c32-23-22(27-20(16-6-2-1-3-7-16)17-8-4-5-9-18(17)26-23)28-25-30-29-24(35-25)21-19(10-13-34-21)31-11-14-33-15-12-31/h1-10,13,22H,11-12,14-15H2,(H,26,32)(H,28,30). The molecule has 0 radical (unpaired) electrons. The third kappa shape index (κ3) is 4.15. The number of carbonyl (C=O) groups is 1. The minimum atomic E-state index is -0.985. The van der Waals surface area contributed by atoms with Crippen molar-refractivity contribution < 1.29 is 18.4 Å². The van der Waals surface area contributed by atoms with Crippen molar-refractivity contribution >= 4 is 29.0 Å². The van der Waals surface area contributed by atoms with Crippen molar-refractivity contribution in [1.29, 1.82) is 0 Å². The van der Waals surface area contributed by atoms with E-state index in [0.29, 0.717) is 30.4 Å². The van der Waals surface area contributed by atoms with E-state index in [0.717, 1.165) is 29.9 Å². The molecule has 6 rings (SSSR count). The maximum atomic E-state index is 13.0. The summed E-state index contributed by atoms with van der Waals surface area (Å²) in [6, 6.07) is 19.2. The molecule has 176 valence electrons. The van der Waals surface area contributed by atoms with Crippen LogP contribution in [-0.4, -0.2) is 54.3 Å². The Morgan fingerprint density at radius 2 is 1.77 bits per heavy atom. The summed E-state index contributed by atoms with van der Waals surface area (Å²) >= 11 is 0. The number of rotatable bonds is 5. The Hall–Kier alpha value is -4.44. The van der Waals surface area contributed by atoms with Crippen molar-refractivity contribution in [3.05, 3.63) is 78.1 Å². The Kier molecular flexibility index (Phi) is 5.47. The predicted octanol–water partition coefficient (Wildman–Crippen LogP) is 3.39. The maximum Gasteiger partial charge on any atom is 0.317 e. The van der Waals surface area contributed by atoms with Crippen molar-refractivity contribution in [2.24, 2.45) is 4.99 Å². The monoisotopic (exact) mass is 470 g/mol. The first-order valence-corrected chi connectivity index (χ1v) is 11.3. The molecule has 0 spiro atoms. The van der Waals surface area contributed by atoms with Crippen LogP contribution in [0.1, 0.15) is 11.1 Å². The van der Waals surface area contributed by atoms with E-state index in [4.69, 9.17) is 18.6 Å². The average Bonchev–Trinajstić information content (AvgIpc) is 3.55. The summed E-state index contributed by atoms with van der Waals surface area (Å²) in [5.74, 6) is 0.345. The van der Waals surface area contributed by atoms with Gasteiger partial charge in [-0.15, -0.1) is 5.10 Å². The van der Waals surface area contributed by atoms with Crippen LogP contribution in [0.15, 0.2) is 80.8 Å². The van der Waals surface area contributed by atoms with Gasteiger partial charge in [-0.1, -0.05) is 53.6 Å². The molecule has 2 aliphatic rings. The van der Waals surface area contributed by atoms with Crippen LogP contribution >= 0.6 is 0 Å². The molecule has 1 unspecified atom stereocenters. The van der Waals surface area contributed by atoms with E-state index >= 15 is 0 Å². The van der Waals surface area contributed by atoms with Gasteiger partial charge in [-0.25, -0.2) is 4.99 Å². The number of nitrogens with zero attached hydrogens (tertiary/aromatic N) is 4. The molecule has 2 N–H and O–H groups in total. The average molecular weight is 470 g/mol. The van der Waals surface area contributed by atoms with Crippen LogP contribution in [0.5, 0.6) is 0 Å². The highest BCUT2D eigenvalue weighted by Gasteiger charge is 2.28. The third-order valence-corrected chi connectivity index (χ3v) is 5.87. The number of nitrogens with one attached hydrogen (secondary N) is 2. The first kappa shape index (κ1) is 21.1. The van der Waals surface area contributed by atoms with Gasteiger partial charge in [-0.3, -0.25) is 4.79 Å². The number of fused-ring (bicyclic) bond motifs is 1. The molecule has 35 heavy (non-hydrogen) atoms. The number of furan rings is 1. The molecule has 2 aromatic heterocycles. The van der Waals surface area contributed by atoms with Crippen LogP contribution in [0, 0.1) is 0 Å². The number of anilines is 3. The van der Waals surface area contributed by atoms with Gasteiger partial charge >= 0.3 is 6.01 Å². The molecule has 1 saturated heterocycles. The summed E-state index contributed by atoms with van der Waals surface area (Å²) in [5.41, 5.74) is 3.93. The minimum Gasteiger partial charge on any atom is -0.457 e. The van der Waals surface area contributed by atoms with Gasteiger partial charge in [0.15, 0.2) is 0 Å². The van der Waals surface area contributed by atoms with Gasteiger partial charge in [0.2, 0.25) is 11.9 Å². The predicted molar refractivity (Wildman–Crippen MR) is 130 cm³/mol. The topological polar surface area (TPSA) is 118 Å². The SMILES string of the molecule is O=C1Nc2ccccc2C(c2ccccc2)=NC1Nc1nnc(-c2occc2N2CCOCC2)o1. The number of aromatic nitrogens is 2. The lowest BCUT2D eigenvalue weighted by Crippen LogP contribution is -2.36. The highest BCUT2D eigenvalue weighted by molar-refractivity contribution is 6.19. The fraction of sp³-hybridized carbons (Fsp3) is 0.200. The summed E-state index contributed by atoms with van der Waals surface area (Å²) in [6.07, 6.45) is 0.602. The number of carbonyl (C=O) groups excluding carboxylic acids is 1. The normalized spacial score (nSPS) is 17.8. The Bertz CT molecular complexity index is 1370. The molecule has 1 fully saturated rings. The van der Waals surface area contributed by atoms with Crippen LogP contribution in [0.2, 0.25) is 0 Å². The molecule has 0 saturated carbocycles. The van der Waals surface area contributed by atoms with Crippen LogP contribution in [-0.2, 0) is 9.53 Å². The molecule has 10 heteroatoms. The number of amides is 1. The first-order chi connectivity index (χ1) is 17.3. The zero-order valence-corrected chi connectivity index (χ0v) is 18.7. The zero-order chi connectivity index (χ0) is 23.6. The van der Waals surface area contributed by atoms with Gasteiger partial charge in [-0.05, 0) is 6.07 Å². The second-order valence-electron chi connectivity index (χ2n) is 8.07. The fourth-order valence-corrected chi connectivity index (χ4v) is 4.19. The molecule has 1 amide bonds. The van der Waals surface area contributed by atoms with Gasteiger partial charge in [-0.2, -0.15) is 0 Å². The Morgan fingerprint density at radius 3 is 2.63 bits per heavy atom. The first-order valence-electron chi connectivity index (χ1n) is 11.3. The summed E-state index contributed by atoms with van der Waals surface area (Å²) in [6.45, 7) is 2.77. The van der Waals surface area contributed by atoms with Gasteiger partial charge < -0.3 is 29.1 Å². The smallest absolute Gasteiger partial charge is 0.317 e. The fourth-order valence-electron chi connectivity index (χ4n) is 4.19. The van der Waals surface area contributed by atoms with Crippen LogP contribution < -0.4 is 15.5 Å². The Balaban J connectivity index is 1.30. The van der Waals surface area contributed by atoms with E-state index < -0.39 is 6.17 Å². The van der Waals surface area contributed by atoms with Gasteiger partial charge in [0.05, 0.1) is 36.6 Å². The highest BCUT2D eigenvalue weighted by Crippen LogP contribution is 2.33. The number of hydrogen-bond donors (Lipinski definition) is 2. The highest BCUT2D eigenvalue weighted by atomic mass is 16.5. The van der Waals surface area contributed by atoms with Gasteiger partial charge in [0.1, 0.15) is 0 Å². The Labute approximate surface area is 200 Å². The zero-order valence-electron chi connectivity index (χ0n) is 18.7. The summed E-state index contributed by atoms with van der Waals surface area (Å²) in [4.78, 5) is 19.9. The number of ether oxygens (including phenoxy) is 1. The van der Waals surface area contributed by atoms with Crippen LogP contribution in [0.3, 0.4) is 0 Å². The minimum absolute atomic E-state index is 0.0617. The third-order valence-electron chi connectivity index (χ3n) is 5.87. The van der Waals surface area contributed by atoms with Crippen molar-refractivity contribution in [3.63, 3.8) is 0 Å². The molecule has 2 aliphatic heterocycles. The van der Waals surface area contributed by atoms with E-state index in [9.17, 15) is 4.79 Å². The summed E-state index contributed by atoms with van der Waals surface area (Å²) in [7, 11) is 0. The summed E-state index contributed by atoms with van der Waals surface area (Å²) < 4.78 is 16.9. The lowest BCUT2D eigenvalue weighted by atomic mass is 10.0. The number of morpholine rings is 1. The number of para-hydroxylation sites is 1. The van der Waals surface area contributed by atoms with Crippen LogP contribution in [0.25, 0.3) is 11.7 Å². The number of benzene rings is 2. The van der Waals surface area contributed by atoms with Crippen molar-refractivity contribution in [2.45, 2.75) is 6.17 Å². The van der Waals surface area contributed by atoms with Crippen molar-refractivity contribution in [3.8, 4) is 11.7 Å². The van der Waals surface area contributed by atoms with Crippen molar-refractivity contribution in [1.82, 2.24) is 10.2 Å². The van der Waals surface area contributed by atoms with E-state index in [-0.39, 0.29) is 17.8 Å². The van der Waals surface area contributed by atoms with Crippen molar-refractivity contribution in [2.75, 3.05) is 41.8 Å². The molecule has 10 nitrogen and oxygen atoms in total. The van der Waals surface area contributed by atoms with E-state index in [1.807, 2.05) is 60.7 Å². The number of hydrogen-bond acceptors (Lipinski definition) is 9. The number of benzodiazepines with no additional fused rings is 1. The van der Waals surface area contributed by atoms with Gasteiger partial charge in [0, 0.05) is 30.3 Å². The quantitative estimate of drug-likeness (QED) is 0.456. The molecule has 1 atom stereocenters. The van der Waals surface area contributed by atoms with Gasteiger partial charge in [0.25, 0.3) is 11.8 Å². The summed E-state index contributed by atoms with van der Waals surface area (Å²) in [5, 5.41) is 14.1. The molecule has 0 aliphatic carbocycles. The van der Waals surface area contributed by atoms with Crippen LogP contribution in [0.4, 0.5) is 17.4 Å². The van der Waals surface area contributed by atoms with E-state index in [2.05, 4.69) is 25.7 Å². The lowest BCUT2D eigenvalue weighted by Gasteiger charge is -2.27. The molecule has 4 aromatic rings. The number of aliphatic imine (C=N–C) groups is 1. The Morgan fingerprint density at radius 1 is 0.971 bits per heavy atom. The largest absolute Gasteiger partial charge is 0.457 e. The molecule has 0 bridgehead atoms. The molecular formula is C25H22N6O4. The lowest BCUT2D eigenvalue weighted by molar-refractivity contribution is -0.116. The molecule has 2 aromatic carbocycles. The van der Waals surface area contributed by atoms with E-state index in [1.165, 1.54) is 0 Å². The maximum absolute atomic E-state index is 13.0.